The van der Waals surface area contributed by atoms with Gasteiger partial charge in [-0.3, -0.25) is 4.79 Å². The lowest BCUT2D eigenvalue weighted by molar-refractivity contribution is -0.143. The molecule has 0 radical (unpaired) electrons. The van der Waals surface area contributed by atoms with E-state index in [9.17, 15) is 4.79 Å². The quantitative estimate of drug-likeness (QED) is 0.330. The highest BCUT2D eigenvalue weighted by atomic mass is 28.4. The highest BCUT2D eigenvalue weighted by Crippen LogP contribution is 2.17. The van der Waals surface area contributed by atoms with Gasteiger partial charge in [-0.1, -0.05) is 19.8 Å². The fourth-order valence-corrected chi connectivity index (χ4v) is 4.30. The van der Waals surface area contributed by atoms with Crippen LogP contribution in [0.3, 0.4) is 0 Å². The molecule has 0 bridgehead atoms. The van der Waals surface area contributed by atoms with Gasteiger partial charge in [0.15, 0.2) is 0 Å². The second-order valence-electron chi connectivity index (χ2n) is 4.38. The second-order valence-corrected chi connectivity index (χ2v) is 7.73. The van der Waals surface area contributed by atoms with Crippen LogP contribution in [0.2, 0.25) is 12.6 Å². The van der Waals surface area contributed by atoms with Crippen molar-refractivity contribution in [3.63, 3.8) is 0 Å². The number of rotatable bonds is 11. The Morgan fingerprint density at radius 1 is 1.00 bits per heavy atom. The van der Waals surface area contributed by atoms with Crippen LogP contribution in [0.4, 0.5) is 0 Å². The van der Waals surface area contributed by atoms with Crippen LogP contribution in [0.15, 0.2) is 0 Å². The van der Waals surface area contributed by atoms with Crippen molar-refractivity contribution in [3.05, 3.63) is 0 Å². The van der Waals surface area contributed by atoms with Crippen molar-refractivity contribution in [2.45, 2.75) is 59.0 Å². The van der Waals surface area contributed by atoms with Crippen LogP contribution in [0, 0.1) is 0 Å². The van der Waals surface area contributed by atoms with Crippen LogP contribution in [-0.2, 0) is 18.4 Å². The third-order valence-electron chi connectivity index (χ3n) is 2.73. The smallest absolute Gasteiger partial charge is 0.334 e. The molecule has 4 nitrogen and oxygen atoms in total. The first-order valence-corrected chi connectivity index (χ1v) is 9.53. The fourth-order valence-electron chi connectivity index (χ4n) is 1.81. The molecule has 0 spiro atoms. The van der Waals surface area contributed by atoms with Crippen molar-refractivity contribution < 1.29 is 18.4 Å². The maximum Gasteiger partial charge on any atom is 0.334 e. The summed E-state index contributed by atoms with van der Waals surface area (Å²) in [5.41, 5.74) is 0. The van der Waals surface area contributed by atoms with Crippen LogP contribution in [0.1, 0.15) is 46.5 Å². The normalized spacial score (nSPS) is 11.6. The van der Waals surface area contributed by atoms with Gasteiger partial charge in [0, 0.05) is 19.6 Å². The molecular formula is C13H28O4Si. The Morgan fingerprint density at radius 3 is 2.11 bits per heavy atom. The van der Waals surface area contributed by atoms with Gasteiger partial charge in [-0.15, -0.1) is 0 Å². The highest BCUT2D eigenvalue weighted by Gasteiger charge is 2.29. The van der Waals surface area contributed by atoms with E-state index < -0.39 is 8.56 Å². The van der Waals surface area contributed by atoms with E-state index in [2.05, 4.69) is 6.55 Å². The maximum absolute atomic E-state index is 10.9. The molecular weight excluding hydrogens is 248 g/mol. The average molecular weight is 276 g/mol. The second kappa shape index (κ2) is 10.5. The lowest BCUT2D eigenvalue weighted by atomic mass is 10.3. The van der Waals surface area contributed by atoms with Crippen molar-refractivity contribution in [3.8, 4) is 0 Å². The number of unbranched alkanes of at least 4 members (excludes halogenated alkanes) is 2. The van der Waals surface area contributed by atoms with E-state index in [0.29, 0.717) is 13.0 Å². The molecule has 0 saturated carbocycles. The number of ether oxygens (including phenoxy) is 1. The maximum atomic E-state index is 10.9. The topological polar surface area (TPSA) is 44.8 Å². The lowest BCUT2D eigenvalue weighted by Gasteiger charge is -2.25. The monoisotopic (exact) mass is 276 g/mol. The SMILES string of the molecule is CCO[Si](C)(CCCCCOC(=O)CC)OCC. The third kappa shape index (κ3) is 8.66. The van der Waals surface area contributed by atoms with Gasteiger partial charge in [-0.25, -0.2) is 0 Å². The molecule has 0 atom stereocenters. The number of carbonyl (C=O) groups excluding carboxylic acids is 1. The standard InChI is InChI=1S/C13H28O4Si/c1-5-13(14)15-11-9-8-10-12-18(4,16-6-2)17-7-3/h5-12H2,1-4H3. The zero-order chi connectivity index (χ0) is 13.9. The molecule has 108 valence electrons. The molecule has 18 heavy (non-hydrogen) atoms. The van der Waals surface area contributed by atoms with Crippen molar-refractivity contribution in [1.29, 1.82) is 0 Å². The highest BCUT2D eigenvalue weighted by molar-refractivity contribution is 6.66. The molecule has 0 heterocycles. The van der Waals surface area contributed by atoms with E-state index in [4.69, 9.17) is 13.6 Å². The van der Waals surface area contributed by atoms with Crippen molar-refractivity contribution >= 4 is 14.5 Å². The Labute approximate surface area is 112 Å². The molecule has 0 aromatic rings. The Morgan fingerprint density at radius 2 is 1.61 bits per heavy atom. The zero-order valence-electron chi connectivity index (χ0n) is 12.3. The van der Waals surface area contributed by atoms with Crippen LogP contribution >= 0.6 is 0 Å². The largest absolute Gasteiger partial charge is 0.466 e. The molecule has 0 saturated heterocycles. The predicted molar refractivity (Wildman–Crippen MR) is 74.8 cm³/mol. The molecule has 0 aliphatic carbocycles. The molecule has 0 aromatic heterocycles. The minimum absolute atomic E-state index is 0.113. The average Bonchev–Trinajstić information content (AvgIpc) is 2.33. The van der Waals surface area contributed by atoms with E-state index in [1.54, 1.807) is 0 Å². The van der Waals surface area contributed by atoms with Crippen molar-refractivity contribution in [2.75, 3.05) is 19.8 Å². The van der Waals surface area contributed by atoms with Gasteiger partial charge in [0.25, 0.3) is 0 Å². The Hall–Kier alpha value is -0.393. The molecule has 0 unspecified atom stereocenters. The molecule has 0 N–H and O–H groups in total. The summed E-state index contributed by atoms with van der Waals surface area (Å²) in [4.78, 5) is 10.9. The molecule has 0 fully saturated rings. The summed E-state index contributed by atoms with van der Waals surface area (Å²) in [6, 6.07) is 1.01. The molecule has 0 rings (SSSR count). The van der Waals surface area contributed by atoms with E-state index in [1.165, 1.54) is 0 Å². The molecule has 0 aliphatic rings. The van der Waals surface area contributed by atoms with E-state index in [0.717, 1.165) is 38.5 Å². The van der Waals surface area contributed by atoms with Gasteiger partial charge in [0.1, 0.15) is 0 Å². The summed E-state index contributed by atoms with van der Waals surface area (Å²) in [5.74, 6) is -0.113. The van der Waals surface area contributed by atoms with Gasteiger partial charge in [0.2, 0.25) is 0 Å². The first-order chi connectivity index (χ1) is 8.58. The molecule has 0 amide bonds. The predicted octanol–water partition coefficient (Wildman–Crippen LogP) is 3.25. The summed E-state index contributed by atoms with van der Waals surface area (Å²) in [6.45, 7) is 9.92. The van der Waals surface area contributed by atoms with Crippen LogP contribution in [0.25, 0.3) is 0 Å². The van der Waals surface area contributed by atoms with Crippen LogP contribution in [0.5, 0.6) is 0 Å². The van der Waals surface area contributed by atoms with Gasteiger partial charge in [-0.05, 0) is 32.9 Å². The van der Waals surface area contributed by atoms with Gasteiger partial charge in [-0.2, -0.15) is 0 Å². The van der Waals surface area contributed by atoms with Crippen LogP contribution < -0.4 is 0 Å². The summed E-state index contributed by atoms with van der Waals surface area (Å²) in [7, 11) is -1.95. The van der Waals surface area contributed by atoms with Crippen LogP contribution in [-0.4, -0.2) is 34.4 Å². The number of hydrogen-bond acceptors (Lipinski definition) is 4. The summed E-state index contributed by atoms with van der Waals surface area (Å²) in [5, 5.41) is 0. The molecule has 5 heteroatoms. The Balaban J connectivity index is 3.64. The number of esters is 1. The third-order valence-corrected chi connectivity index (χ3v) is 5.79. The lowest BCUT2D eigenvalue weighted by Crippen LogP contribution is -2.38. The van der Waals surface area contributed by atoms with E-state index in [-0.39, 0.29) is 5.97 Å². The number of carbonyl (C=O) groups is 1. The fraction of sp³-hybridized carbons (Fsp3) is 0.923. The summed E-state index contributed by atoms with van der Waals surface area (Å²) < 4.78 is 16.6. The summed E-state index contributed by atoms with van der Waals surface area (Å²) >= 11 is 0. The first-order valence-electron chi connectivity index (χ1n) is 7.01. The van der Waals surface area contributed by atoms with Gasteiger partial charge in [0.05, 0.1) is 6.61 Å². The van der Waals surface area contributed by atoms with Crippen molar-refractivity contribution in [1.82, 2.24) is 0 Å². The number of hydrogen-bond donors (Lipinski definition) is 0. The van der Waals surface area contributed by atoms with Gasteiger partial charge >= 0.3 is 14.5 Å². The zero-order valence-corrected chi connectivity index (χ0v) is 13.3. The minimum atomic E-state index is -1.95. The molecule has 0 aliphatic heterocycles. The minimum Gasteiger partial charge on any atom is -0.466 e. The van der Waals surface area contributed by atoms with Crippen molar-refractivity contribution in [2.24, 2.45) is 0 Å². The summed E-state index contributed by atoms with van der Waals surface area (Å²) in [6.07, 6.45) is 3.51. The Bertz CT molecular complexity index is 215. The van der Waals surface area contributed by atoms with E-state index in [1.807, 2.05) is 20.8 Å². The Kier molecular flexibility index (Phi) is 10.3. The van der Waals surface area contributed by atoms with E-state index >= 15 is 0 Å². The first kappa shape index (κ1) is 17.6. The van der Waals surface area contributed by atoms with Gasteiger partial charge < -0.3 is 13.6 Å². The molecule has 0 aromatic carbocycles.